The first kappa shape index (κ1) is 8.91. The Bertz CT molecular complexity index is 6.00. The summed E-state index contributed by atoms with van der Waals surface area (Å²) >= 11 is 0. The van der Waals surface area contributed by atoms with Gasteiger partial charge in [0.05, 0.1) is 7.85 Å². The fourth-order valence-corrected chi connectivity index (χ4v) is 0. The summed E-state index contributed by atoms with van der Waals surface area (Å²) in [6.07, 6.45) is 0.750. The summed E-state index contributed by atoms with van der Waals surface area (Å²) in [5.41, 5.74) is 0. The molecule has 0 aliphatic carbocycles. The van der Waals surface area contributed by atoms with Crippen LogP contribution in [0.4, 0.5) is 0 Å². The molecule has 3 radical (unpaired) electrons. The largest absolute Gasteiger partial charge is 0.0915 e. The maximum atomic E-state index is 4.85. The monoisotopic (exact) mass is 63.0 g/mol. The average molecular weight is 62.9 g/mol. The Labute approximate surface area is 50.7 Å². The molecule has 0 N–H and O–H groups in total. The quantitative estimate of drug-likeness (QED) is 0.352. The van der Waals surface area contributed by atoms with Crippen molar-refractivity contribution in [2.45, 2.75) is 13.2 Å². The first-order chi connectivity index (χ1) is 1.41. The number of rotatable bonds is 0. The van der Waals surface area contributed by atoms with E-state index in [4.69, 9.17) is 7.85 Å². The molecule has 0 aliphatic heterocycles. The molecule has 0 spiro atoms. The van der Waals surface area contributed by atoms with Crippen molar-refractivity contribution < 1.29 is 0 Å². The van der Waals surface area contributed by atoms with Gasteiger partial charge in [0, 0.05) is 29.6 Å². The van der Waals surface area contributed by atoms with Gasteiger partial charge >= 0.3 is 0 Å². The molecule has 0 aromatic carbocycles. The van der Waals surface area contributed by atoms with Crippen molar-refractivity contribution in [1.82, 2.24) is 0 Å². The Balaban J connectivity index is 0. The van der Waals surface area contributed by atoms with Crippen LogP contribution < -0.4 is 0 Å². The Hall–Kier alpha value is 1.06. The Morgan fingerprint density at radius 3 is 1.75 bits per heavy atom. The summed E-state index contributed by atoms with van der Waals surface area (Å²) in [7, 11) is 4.85. The van der Waals surface area contributed by atoms with Gasteiger partial charge in [0.25, 0.3) is 0 Å². The van der Waals surface area contributed by atoms with Crippen LogP contribution in [0.15, 0.2) is 0 Å². The third kappa shape index (κ3) is 11.5. The molecule has 0 rings (SSSR count). The van der Waals surface area contributed by atoms with Crippen molar-refractivity contribution in [1.29, 1.82) is 0 Å². The van der Waals surface area contributed by atoms with Gasteiger partial charge in [0.1, 0.15) is 0 Å². The predicted molar refractivity (Wildman–Crippen MR) is 22.0 cm³/mol. The Morgan fingerprint density at radius 1 is 1.75 bits per heavy atom. The second kappa shape index (κ2) is 8.96. The minimum Gasteiger partial charge on any atom is -0.0915 e. The Morgan fingerprint density at radius 2 is 1.75 bits per heavy atom. The van der Waals surface area contributed by atoms with E-state index in [-0.39, 0.29) is 29.6 Å². The van der Waals surface area contributed by atoms with E-state index >= 15 is 0 Å². The molecule has 0 aliphatic rings. The third-order valence-electron chi connectivity index (χ3n) is 0. The van der Waals surface area contributed by atoms with Gasteiger partial charge in [-0.05, 0) is 0 Å². The fraction of sp³-hybridized carbons (Fsp3) is 1.00. The Kier molecular flexibility index (Phi) is 19.9. The number of hydrogen-bond donors (Lipinski definition) is 0. The van der Waals surface area contributed by atoms with Gasteiger partial charge in [0.2, 0.25) is 0 Å². The van der Waals surface area contributed by atoms with Crippen LogP contribution in [0.3, 0.4) is 0 Å². The molecule has 4 heavy (non-hydrogen) atoms. The van der Waals surface area contributed by atoms with Crippen molar-refractivity contribution in [3.63, 3.8) is 0 Å². The zero-order valence-electron chi connectivity index (χ0n) is 3.28. The van der Waals surface area contributed by atoms with Crippen LogP contribution in [-0.2, 0) is 0 Å². The van der Waals surface area contributed by atoms with Gasteiger partial charge in [-0.25, -0.2) is 0 Å². The topological polar surface area (TPSA) is 0 Å². The van der Waals surface area contributed by atoms with Gasteiger partial charge < -0.3 is 0 Å². The second-order valence-corrected chi connectivity index (χ2v) is 0.408. The zero-order chi connectivity index (χ0) is 2.71. The molecule has 0 aromatic rings. The van der Waals surface area contributed by atoms with Gasteiger partial charge in [-0.3, -0.25) is 0 Å². The van der Waals surface area contributed by atoms with Crippen LogP contribution in [0.5, 0.6) is 0 Å². The second-order valence-electron chi connectivity index (χ2n) is 0.408. The van der Waals surface area contributed by atoms with E-state index in [2.05, 4.69) is 0 Å². The van der Waals surface area contributed by atoms with Crippen molar-refractivity contribution in [3.8, 4) is 0 Å². The molecule has 0 saturated heterocycles. The molecule has 0 fully saturated rings. The zero-order valence-corrected chi connectivity index (χ0v) is 5.28. The average Bonchev–Trinajstić information content (AvgIpc) is 0.918. The molecule has 0 heterocycles. The maximum absolute atomic E-state index is 4.85. The van der Waals surface area contributed by atoms with Crippen LogP contribution in [0.25, 0.3) is 0 Å². The molecular formula is C2H5BNa. The van der Waals surface area contributed by atoms with Crippen molar-refractivity contribution >= 4 is 37.4 Å². The SMILES string of the molecule is [B]CC.[Na]. The minimum atomic E-state index is 0. The van der Waals surface area contributed by atoms with E-state index in [9.17, 15) is 0 Å². The summed E-state index contributed by atoms with van der Waals surface area (Å²) in [4.78, 5) is 0. The molecule has 0 aromatic heterocycles. The normalized spacial score (nSPS) is 4.25. The van der Waals surface area contributed by atoms with Crippen LogP contribution in [0.2, 0.25) is 6.32 Å². The third-order valence-corrected chi connectivity index (χ3v) is 0. The van der Waals surface area contributed by atoms with Crippen molar-refractivity contribution in [3.05, 3.63) is 0 Å². The number of hydrogen-bond acceptors (Lipinski definition) is 0. The molecule has 0 atom stereocenters. The first-order valence-electron chi connectivity index (χ1n) is 1.12. The van der Waals surface area contributed by atoms with Crippen LogP contribution in [0, 0.1) is 0 Å². The van der Waals surface area contributed by atoms with Gasteiger partial charge in [0.15, 0.2) is 0 Å². The van der Waals surface area contributed by atoms with Crippen LogP contribution >= 0.6 is 0 Å². The molecule has 0 nitrogen and oxygen atoms in total. The van der Waals surface area contributed by atoms with Crippen LogP contribution in [0.1, 0.15) is 6.92 Å². The van der Waals surface area contributed by atoms with E-state index in [1.165, 1.54) is 0 Å². The summed E-state index contributed by atoms with van der Waals surface area (Å²) in [5.74, 6) is 0. The predicted octanol–water partition coefficient (Wildman–Crippen LogP) is 0.212. The molecule has 0 saturated carbocycles. The van der Waals surface area contributed by atoms with E-state index in [1.54, 1.807) is 0 Å². The van der Waals surface area contributed by atoms with E-state index in [0.29, 0.717) is 0 Å². The summed E-state index contributed by atoms with van der Waals surface area (Å²) in [6, 6.07) is 0. The minimum absolute atomic E-state index is 0. The van der Waals surface area contributed by atoms with Crippen molar-refractivity contribution in [2.75, 3.05) is 0 Å². The molecule has 0 unspecified atom stereocenters. The molecule has 2 heteroatoms. The van der Waals surface area contributed by atoms with E-state index in [0.717, 1.165) is 6.32 Å². The molecule has 0 bridgehead atoms. The smallest absolute Gasteiger partial charge is 0.0649 e. The summed E-state index contributed by atoms with van der Waals surface area (Å²) in [6.45, 7) is 1.90. The molecule has 17 valence electrons. The van der Waals surface area contributed by atoms with Gasteiger partial charge in [-0.1, -0.05) is 13.2 Å². The summed E-state index contributed by atoms with van der Waals surface area (Å²) in [5, 5.41) is 0. The first-order valence-corrected chi connectivity index (χ1v) is 1.12. The summed E-state index contributed by atoms with van der Waals surface area (Å²) < 4.78 is 0. The standard InChI is InChI=1S/C2H5B.Na/c1-2-3;/h2H2,1H3;. The van der Waals surface area contributed by atoms with E-state index < -0.39 is 0 Å². The van der Waals surface area contributed by atoms with Crippen LogP contribution in [-0.4, -0.2) is 37.4 Å². The maximum Gasteiger partial charge on any atom is 0.0649 e. The fourth-order valence-electron chi connectivity index (χ4n) is 0. The van der Waals surface area contributed by atoms with E-state index in [1.807, 2.05) is 6.92 Å². The molecule has 0 amide bonds. The molecular weight excluding hydrogens is 57.8 g/mol. The van der Waals surface area contributed by atoms with Gasteiger partial charge in [-0.2, -0.15) is 0 Å². The van der Waals surface area contributed by atoms with Gasteiger partial charge in [-0.15, -0.1) is 0 Å². The van der Waals surface area contributed by atoms with Crippen molar-refractivity contribution in [2.24, 2.45) is 0 Å².